The summed E-state index contributed by atoms with van der Waals surface area (Å²) >= 11 is 0. The number of nitrogens with zero attached hydrogens (tertiary/aromatic N) is 5. The molecule has 1 aliphatic heterocycles. The Morgan fingerprint density at radius 1 is 0.643 bits per heavy atom. The van der Waals surface area contributed by atoms with E-state index in [0.29, 0.717) is 19.7 Å². The highest BCUT2D eigenvalue weighted by Crippen LogP contribution is 2.30. The Kier molecular flexibility index (Phi) is 9.14. The van der Waals surface area contributed by atoms with Crippen LogP contribution in [-0.4, -0.2) is 119 Å². The molecule has 0 amide bonds. The van der Waals surface area contributed by atoms with Crippen LogP contribution in [0.3, 0.4) is 0 Å². The van der Waals surface area contributed by atoms with Crippen LogP contribution in [0.2, 0.25) is 58.9 Å². The summed E-state index contributed by atoms with van der Waals surface area (Å²) in [5.74, 6) is 0. The molecule has 1 fully saturated rings. The summed E-state index contributed by atoms with van der Waals surface area (Å²) in [5, 5.41) is 0. The minimum Gasteiger partial charge on any atom is -0.337 e. The van der Waals surface area contributed by atoms with Crippen molar-refractivity contribution >= 4 is 62.4 Å². The molecule has 0 unspecified atom stereocenters. The zero-order valence-corrected chi connectivity index (χ0v) is 27.7. The van der Waals surface area contributed by atoms with E-state index in [1.54, 1.807) is 0 Å². The fourth-order valence-electron chi connectivity index (χ4n) is 3.77. The fraction of sp³-hybridized carbons (Fsp3) is 1.00. The highest BCUT2D eigenvalue weighted by molar-refractivity contribution is 6.99. The quantitative estimate of drug-likeness (QED) is 0.472. The summed E-state index contributed by atoms with van der Waals surface area (Å²) in [6, 6.07) is 0. The van der Waals surface area contributed by atoms with Gasteiger partial charge in [0.15, 0.2) is 33.6 Å². The second kappa shape index (κ2) is 9.39. The second-order valence-corrected chi connectivity index (χ2v) is 34.4. The number of hydrogen-bond donors (Lipinski definition) is 2. The van der Waals surface area contributed by atoms with Gasteiger partial charge in [0.25, 0.3) is 0 Å². The van der Waals surface area contributed by atoms with Crippen molar-refractivity contribution < 1.29 is 0 Å². The van der Waals surface area contributed by atoms with Gasteiger partial charge in [-0.1, -0.05) is 0 Å². The van der Waals surface area contributed by atoms with Gasteiger partial charge in [0.2, 0.25) is 28.8 Å². The van der Waals surface area contributed by atoms with Crippen molar-refractivity contribution in [3.8, 4) is 0 Å². The minimum atomic E-state index is -1.78. The van der Waals surface area contributed by atoms with E-state index in [4.69, 9.17) is 0 Å². The van der Waals surface area contributed by atoms with Crippen molar-refractivity contribution in [2.45, 2.75) is 58.9 Å². The van der Waals surface area contributed by atoms with E-state index in [1.807, 2.05) is 0 Å². The first-order chi connectivity index (χ1) is 12.4. The zero-order chi connectivity index (χ0) is 22.3. The molecule has 0 saturated carbocycles. The van der Waals surface area contributed by atoms with Crippen LogP contribution in [0, 0.1) is 0 Å². The molecule has 1 heterocycles. The molecule has 14 heteroatoms. The predicted molar refractivity (Wildman–Crippen MR) is 138 cm³/mol. The summed E-state index contributed by atoms with van der Waals surface area (Å²) in [6.07, 6.45) is 0. The molecule has 0 bridgehead atoms. The lowest BCUT2D eigenvalue weighted by atomic mass is 11.5. The van der Waals surface area contributed by atoms with E-state index in [2.05, 4.69) is 125 Å². The Bertz CT molecular complexity index is 534. The molecule has 0 aromatic carbocycles. The van der Waals surface area contributed by atoms with Crippen molar-refractivity contribution in [1.29, 1.82) is 0 Å². The SMILES string of the molecule is CN1[Si]N[Si]N[Si](C)N(C)[Si](C)(C)N(C)[Si](C)(C)N(C)[Si](C)(C)N(C)[Si]1(C)C. The van der Waals surface area contributed by atoms with Gasteiger partial charge in [0.1, 0.15) is 0 Å². The molecular formula is C14H44N7Si7. The van der Waals surface area contributed by atoms with Crippen molar-refractivity contribution in [3.63, 3.8) is 0 Å². The zero-order valence-electron chi connectivity index (χ0n) is 20.7. The van der Waals surface area contributed by atoms with Gasteiger partial charge < -0.3 is 30.5 Å². The topological polar surface area (TPSA) is 40.3 Å². The molecule has 1 rings (SSSR count). The van der Waals surface area contributed by atoms with Crippen LogP contribution in [0.15, 0.2) is 0 Å². The molecule has 28 heavy (non-hydrogen) atoms. The van der Waals surface area contributed by atoms with Crippen LogP contribution in [0.25, 0.3) is 0 Å². The van der Waals surface area contributed by atoms with Gasteiger partial charge in [-0.25, -0.2) is 0 Å². The third kappa shape index (κ3) is 5.17. The molecule has 1 saturated heterocycles. The Hall–Kier alpha value is 1.24. The molecule has 163 valence electrons. The maximum absolute atomic E-state index is 3.82. The summed E-state index contributed by atoms with van der Waals surface area (Å²) in [4.78, 5) is 0. The lowest BCUT2D eigenvalue weighted by Gasteiger charge is -2.59. The maximum Gasteiger partial charge on any atom is 0.234 e. The molecular weight excluding hydrogens is 463 g/mol. The lowest BCUT2D eigenvalue weighted by Crippen LogP contribution is -2.82. The van der Waals surface area contributed by atoms with Crippen LogP contribution in [0.4, 0.5) is 0 Å². The maximum atomic E-state index is 3.82. The third-order valence-electron chi connectivity index (χ3n) is 7.60. The van der Waals surface area contributed by atoms with Crippen molar-refractivity contribution in [2.24, 2.45) is 0 Å². The van der Waals surface area contributed by atoms with Gasteiger partial charge in [-0.2, -0.15) is 0 Å². The van der Waals surface area contributed by atoms with Crippen LogP contribution in [0.5, 0.6) is 0 Å². The van der Waals surface area contributed by atoms with Crippen molar-refractivity contribution in [1.82, 2.24) is 30.5 Å². The summed E-state index contributed by atoms with van der Waals surface area (Å²) in [5.41, 5.74) is 0. The van der Waals surface area contributed by atoms with Crippen LogP contribution < -0.4 is 9.30 Å². The van der Waals surface area contributed by atoms with Crippen molar-refractivity contribution in [3.05, 3.63) is 0 Å². The van der Waals surface area contributed by atoms with Crippen LogP contribution in [0.1, 0.15) is 0 Å². The first-order valence-electron chi connectivity index (χ1n) is 9.97. The van der Waals surface area contributed by atoms with Gasteiger partial charge in [-0.3, -0.25) is 0 Å². The van der Waals surface area contributed by atoms with E-state index >= 15 is 0 Å². The highest BCUT2D eigenvalue weighted by atomic mass is 28.5. The first kappa shape index (κ1) is 27.3. The van der Waals surface area contributed by atoms with Gasteiger partial charge in [0.05, 0.1) is 0 Å². The van der Waals surface area contributed by atoms with E-state index in [9.17, 15) is 0 Å². The molecule has 0 spiro atoms. The molecule has 2 N–H and O–H groups in total. The average molecular weight is 507 g/mol. The average Bonchev–Trinajstić information content (AvgIpc) is 2.60. The van der Waals surface area contributed by atoms with E-state index < -0.39 is 42.7 Å². The fourth-order valence-corrected chi connectivity index (χ4v) is 34.9. The van der Waals surface area contributed by atoms with E-state index in [1.165, 1.54) is 0 Å². The summed E-state index contributed by atoms with van der Waals surface area (Å²) < 4.78 is 21.3. The lowest BCUT2D eigenvalue weighted by molar-refractivity contribution is 0.525. The van der Waals surface area contributed by atoms with Crippen LogP contribution in [-0.2, 0) is 0 Å². The monoisotopic (exact) mass is 506 g/mol. The molecule has 7 nitrogen and oxygen atoms in total. The van der Waals surface area contributed by atoms with E-state index in [-0.39, 0.29) is 0 Å². The van der Waals surface area contributed by atoms with Gasteiger partial charge in [-0.15, -0.1) is 0 Å². The standard InChI is InChI=1S/C14H44N7Si7/c1-17-23-15-22-16-24(6)18(2)26(9,10)20(4)28(13,14)21(5)27(11,12)19(3)25(17,7)8/h15-16H,1-14H3. The summed E-state index contributed by atoms with van der Waals surface area (Å²) in [6.45, 7) is 22.7. The predicted octanol–water partition coefficient (Wildman–Crippen LogP) is 0.832. The Balaban J connectivity index is 3.45. The highest BCUT2D eigenvalue weighted by Gasteiger charge is 2.52. The summed E-state index contributed by atoms with van der Waals surface area (Å²) in [7, 11) is 5.44. The molecule has 0 aromatic rings. The number of hydrogen-bond acceptors (Lipinski definition) is 7. The normalized spacial score (nSPS) is 30.2. The number of nitrogens with one attached hydrogen (secondary N) is 2. The Labute approximate surface area is 186 Å². The molecule has 0 atom stereocenters. The van der Waals surface area contributed by atoms with E-state index in [0.717, 1.165) is 0 Å². The Morgan fingerprint density at radius 2 is 1.04 bits per heavy atom. The second-order valence-electron chi connectivity index (χ2n) is 9.85. The largest absolute Gasteiger partial charge is 0.337 e. The number of rotatable bonds is 0. The smallest absolute Gasteiger partial charge is 0.234 e. The molecule has 0 aliphatic carbocycles. The van der Waals surface area contributed by atoms with Crippen molar-refractivity contribution in [2.75, 3.05) is 35.2 Å². The third-order valence-corrected chi connectivity index (χ3v) is 39.4. The van der Waals surface area contributed by atoms with Gasteiger partial charge in [-0.05, 0) is 94.2 Å². The molecule has 0 aromatic heterocycles. The minimum absolute atomic E-state index is 0.623. The van der Waals surface area contributed by atoms with Gasteiger partial charge in [0, 0.05) is 0 Å². The molecule has 1 aliphatic rings. The first-order valence-corrected chi connectivity index (χ1v) is 25.4. The molecule has 5 radical (unpaired) electrons. The van der Waals surface area contributed by atoms with Gasteiger partial charge >= 0.3 is 0 Å². The van der Waals surface area contributed by atoms with Crippen LogP contribution >= 0.6 is 0 Å². The Morgan fingerprint density at radius 3 is 1.50 bits per heavy atom.